The predicted molar refractivity (Wildman–Crippen MR) is 75.5 cm³/mol. The Bertz CT molecular complexity index is 396. The number of benzene rings is 1. The number of aromatic hydroxyl groups is 1. The van der Waals surface area contributed by atoms with E-state index in [9.17, 15) is 5.11 Å². The van der Waals surface area contributed by atoms with Crippen LogP contribution in [0.25, 0.3) is 0 Å². The van der Waals surface area contributed by atoms with E-state index in [1.165, 1.54) is 13.5 Å². The fourth-order valence-corrected chi connectivity index (χ4v) is 2.14. The number of hydrogen-bond acceptors (Lipinski definition) is 3. The van der Waals surface area contributed by atoms with Gasteiger partial charge in [-0.2, -0.15) is 0 Å². The molecule has 0 amide bonds. The van der Waals surface area contributed by atoms with Gasteiger partial charge in [-0.3, -0.25) is 0 Å². The molecule has 0 aliphatic carbocycles. The molecule has 0 aliphatic heterocycles. The van der Waals surface area contributed by atoms with Gasteiger partial charge < -0.3 is 14.7 Å². The molecule has 1 aromatic rings. The molecule has 18 heavy (non-hydrogen) atoms. The van der Waals surface area contributed by atoms with Crippen molar-refractivity contribution in [3.8, 4) is 11.5 Å². The molecule has 0 aliphatic rings. The summed E-state index contributed by atoms with van der Waals surface area (Å²) in [4.78, 5) is 2.25. The van der Waals surface area contributed by atoms with Gasteiger partial charge in [-0.15, -0.1) is 0 Å². The maximum atomic E-state index is 9.67. The van der Waals surface area contributed by atoms with Gasteiger partial charge >= 0.3 is 0 Å². The van der Waals surface area contributed by atoms with Crippen molar-refractivity contribution in [2.24, 2.45) is 5.92 Å². The Labute approximate surface area is 114 Å². The van der Waals surface area contributed by atoms with Gasteiger partial charge in [-0.25, -0.2) is 0 Å². The number of rotatable bonds is 6. The lowest BCUT2D eigenvalue weighted by atomic mass is 10.1. The summed E-state index contributed by atoms with van der Waals surface area (Å²) in [6, 6.07) is 3.61. The Morgan fingerprint density at radius 2 is 2.11 bits per heavy atom. The zero-order valence-electron chi connectivity index (χ0n) is 11.5. The number of ether oxygens (including phenoxy) is 1. The highest BCUT2D eigenvalue weighted by atomic mass is 35.5. The Morgan fingerprint density at radius 1 is 1.44 bits per heavy atom. The van der Waals surface area contributed by atoms with Crippen molar-refractivity contribution >= 4 is 11.6 Å². The van der Waals surface area contributed by atoms with Gasteiger partial charge in [-0.1, -0.05) is 31.9 Å². The third kappa shape index (κ3) is 4.07. The van der Waals surface area contributed by atoms with Crippen LogP contribution < -0.4 is 4.74 Å². The summed E-state index contributed by atoms with van der Waals surface area (Å²) in [6.07, 6.45) is 1.17. The van der Waals surface area contributed by atoms with E-state index in [0.717, 1.165) is 18.7 Å². The van der Waals surface area contributed by atoms with Crippen LogP contribution >= 0.6 is 11.6 Å². The van der Waals surface area contributed by atoms with E-state index < -0.39 is 0 Å². The molecule has 1 aromatic carbocycles. The molecule has 102 valence electrons. The average Bonchev–Trinajstić information content (AvgIpc) is 2.33. The molecule has 0 saturated heterocycles. The highest BCUT2D eigenvalue weighted by molar-refractivity contribution is 6.32. The standard InChI is InChI=1S/C14H22ClNO2/c1-5-10(2)8-16(3)9-11-6-12(15)14(17)13(7-11)18-4/h6-7,10,17H,5,8-9H2,1-4H3. The largest absolute Gasteiger partial charge is 0.503 e. The second kappa shape index (κ2) is 6.86. The topological polar surface area (TPSA) is 32.7 Å². The quantitative estimate of drug-likeness (QED) is 0.859. The minimum absolute atomic E-state index is 0.00694. The van der Waals surface area contributed by atoms with Crippen LogP contribution in [0.5, 0.6) is 11.5 Å². The molecule has 1 atom stereocenters. The third-order valence-electron chi connectivity index (χ3n) is 3.08. The van der Waals surface area contributed by atoms with Gasteiger partial charge in [0.05, 0.1) is 12.1 Å². The lowest BCUT2D eigenvalue weighted by molar-refractivity contribution is 0.274. The van der Waals surface area contributed by atoms with Gasteiger partial charge in [0.25, 0.3) is 0 Å². The van der Waals surface area contributed by atoms with Gasteiger partial charge in [0.15, 0.2) is 11.5 Å². The molecule has 0 spiro atoms. The smallest absolute Gasteiger partial charge is 0.176 e. The number of halogens is 1. The first kappa shape index (κ1) is 15.1. The van der Waals surface area contributed by atoms with Crippen molar-refractivity contribution in [3.63, 3.8) is 0 Å². The molecule has 0 saturated carbocycles. The van der Waals surface area contributed by atoms with E-state index >= 15 is 0 Å². The summed E-state index contributed by atoms with van der Waals surface area (Å²) in [5.74, 6) is 1.10. The van der Waals surface area contributed by atoms with Gasteiger partial charge in [0.2, 0.25) is 0 Å². The molecule has 3 nitrogen and oxygen atoms in total. The monoisotopic (exact) mass is 271 g/mol. The molecule has 4 heteroatoms. The summed E-state index contributed by atoms with van der Waals surface area (Å²) in [5, 5.41) is 10.0. The molecule has 0 heterocycles. The number of nitrogens with zero attached hydrogens (tertiary/aromatic N) is 1. The van der Waals surface area contributed by atoms with E-state index in [0.29, 0.717) is 16.7 Å². The SMILES string of the molecule is CCC(C)CN(C)Cc1cc(Cl)c(O)c(OC)c1. The first-order chi connectivity index (χ1) is 8.47. The molecule has 1 rings (SSSR count). The average molecular weight is 272 g/mol. The summed E-state index contributed by atoms with van der Waals surface area (Å²) >= 11 is 5.97. The van der Waals surface area contributed by atoms with Crippen molar-refractivity contribution in [1.29, 1.82) is 0 Å². The lowest BCUT2D eigenvalue weighted by Gasteiger charge is -2.21. The van der Waals surface area contributed by atoms with E-state index in [2.05, 4.69) is 25.8 Å². The Hall–Kier alpha value is -0.930. The maximum absolute atomic E-state index is 9.67. The fourth-order valence-electron chi connectivity index (χ4n) is 1.91. The Balaban J connectivity index is 2.75. The van der Waals surface area contributed by atoms with Crippen LogP contribution in [0.15, 0.2) is 12.1 Å². The van der Waals surface area contributed by atoms with E-state index in [1.807, 2.05) is 6.07 Å². The van der Waals surface area contributed by atoms with E-state index in [4.69, 9.17) is 16.3 Å². The minimum Gasteiger partial charge on any atom is -0.503 e. The van der Waals surface area contributed by atoms with Crippen molar-refractivity contribution in [1.82, 2.24) is 4.90 Å². The van der Waals surface area contributed by atoms with Crippen LogP contribution in [-0.4, -0.2) is 30.7 Å². The van der Waals surface area contributed by atoms with Crippen LogP contribution in [0, 0.1) is 5.92 Å². The molecule has 0 fully saturated rings. The number of phenols is 1. The highest BCUT2D eigenvalue weighted by Gasteiger charge is 2.11. The zero-order valence-corrected chi connectivity index (χ0v) is 12.3. The van der Waals surface area contributed by atoms with Crippen molar-refractivity contribution in [2.45, 2.75) is 26.8 Å². The lowest BCUT2D eigenvalue weighted by Crippen LogP contribution is -2.23. The molecule has 0 radical (unpaired) electrons. The van der Waals surface area contributed by atoms with Gasteiger partial charge in [-0.05, 0) is 30.7 Å². The second-order valence-corrected chi connectivity index (χ2v) is 5.25. The first-order valence-electron chi connectivity index (χ1n) is 6.21. The third-order valence-corrected chi connectivity index (χ3v) is 3.37. The van der Waals surface area contributed by atoms with E-state index in [-0.39, 0.29) is 5.75 Å². The molecule has 0 aromatic heterocycles. The number of methoxy groups -OCH3 is 1. The number of hydrogen-bond donors (Lipinski definition) is 1. The Kier molecular flexibility index (Phi) is 5.76. The van der Waals surface area contributed by atoms with Crippen molar-refractivity contribution < 1.29 is 9.84 Å². The molecule has 1 unspecified atom stereocenters. The number of phenolic OH excluding ortho intramolecular Hbond substituents is 1. The summed E-state index contributed by atoms with van der Waals surface area (Å²) in [5.41, 5.74) is 1.04. The Morgan fingerprint density at radius 3 is 2.67 bits per heavy atom. The minimum atomic E-state index is 0.00694. The molecule has 1 N–H and O–H groups in total. The second-order valence-electron chi connectivity index (χ2n) is 4.84. The summed E-state index contributed by atoms with van der Waals surface area (Å²) in [6.45, 7) is 6.26. The first-order valence-corrected chi connectivity index (χ1v) is 6.59. The predicted octanol–water partition coefficient (Wildman–Crippen LogP) is 3.53. The van der Waals surface area contributed by atoms with Crippen LogP contribution in [0.1, 0.15) is 25.8 Å². The van der Waals surface area contributed by atoms with Crippen molar-refractivity contribution in [2.75, 3.05) is 20.7 Å². The molecular weight excluding hydrogens is 250 g/mol. The maximum Gasteiger partial charge on any atom is 0.176 e. The van der Waals surface area contributed by atoms with Crippen LogP contribution in [0.2, 0.25) is 5.02 Å². The van der Waals surface area contributed by atoms with Crippen LogP contribution in [-0.2, 0) is 6.54 Å². The fraction of sp³-hybridized carbons (Fsp3) is 0.571. The van der Waals surface area contributed by atoms with Gasteiger partial charge in [0, 0.05) is 13.1 Å². The van der Waals surface area contributed by atoms with Gasteiger partial charge in [0.1, 0.15) is 0 Å². The molecule has 0 bridgehead atoms. The van der Waals surface area contributed by atoms with Crippen LogP contribution in [0.3, 0.4) is 0 Å². The van der Waals surface area contributed by atoms with Crippen LogP contribution in [0.4, 0.5) is 0 Å². The molecular formula is C14H22ClNO2. The summed E-state index contributed by atoms with van der Waals surface area (Å²) in [7, 11) is 3.61. The normalized spacial score (nSPS) is 12.8. The van der Waals surface area contributed by atoms with Crippen molar-refractivity contribution in [3.05, 3.63) is 22.7 Å². The highest BCUT2D eigenvalue weighted by Crippen LogP contribution is 2.35. The van der Waals surface area contributed by atoms with E-state index in [1.54, 1.807) is 6.07 Å². The zero-order chi connectivity index (χ0) is 13.7. The summed E-state index contributed by atoms with van der Waals surface area (Å²) < 4.78 is 5.10.